The molecule has 3 aromatic carbocycles. The van der Waals surface area contributed by atoms with Crippen molar-refractivity contribution >= 4 is 46.6 Å². The van der Waals surface area contributed by atoms with Crippen molar-refractivity contribution in [1.82, 2.24) is 4.90 Å². The van der Waals surface area contributed by atoms with E-state index in [0.717, 1.165) is 58.9 Å². The van der Waals surface area contributed by atoms with E-state index in [0.29, 0.717) is 31.3 Å². The Hall–Kier alpha value is -2.93. The molecule has 0 radical (unpaired) electrons. The summed E-state index contributed by atoms with van der Waals surface area (Å²) in [7, 11) is 1.62. The topological polar surface area (TPSA) is 49.4 Å². The zero-order valence-corrected chi connectivity index (χ0v) is 23.7. The van der Waals surface area contributed by atoms with Crippen LogP contribution in [0.1, 0.15) is 41.1 Å². The summed E-state index contributed by atoms with van der Waals surface area (Å²) in [5.74, 6) is 3.56. The van der Waals surface area contributed by atoms with Crippen molar-refractivity contribution in [3.05, 3.63) is 76.9 Å². The number of ether oxygens (including phenoxy) is 5. The third-order valence-corrected chi connectivity index (χ3v) is 7.82. The Morgan fingerprint density at radius 2 is 1.69 bits per heavy atom. The summed E-state index contributed by atoms with van der Waals surface area (Å²) in [6.07, 6.45) is 4.53. The summed E-state index contributed by atoms with van der Waals surface area (Å²) in [5.41, 5.74) is 4.93. The zero-order valence-electron chi connectivity index (χ0n) is 21.4. The van der Waals surface area contributed by atoms with E-state index in [9.17, 15) is 0 Å². The molecule has 3 aliphatic rings. The molecule has 204 valence electrons. The molecule has 39 heavy (non-hydrogen) atoms. The molecule has 0 aliphatic carbocycles. The fraction of sp³-hybridized carbons (Fsp3) is 0.333. The summed E-state index contributed by atoms with van der Waals surface area (Å²) < 4.78 is 27.5. The van der Waals surface area contributed by atoms with Gasteiger partial charge in [0.15, 0.2) is 23.0 Å². The first-order valence-corrected chi connectivity index (χ1v) is 14.1. The second kappa shape index (κ2) is 10.9. The van der Waals surface area contributed by atoms with Gasteiger partial charge in [-0.25, -0.2) is 0 Å². The molecule has 0 fully saturated rings. The molecule has 0 N–H and O–H groups in total. The van der Waals surface area contributed by atoms with Gasteiger partial charge in [-0.15, -0.1) is 0 Å². The molecule has 0 saturated heterocycles. The van der Waals surface area contributed by atoms with Crippen LogP contribution in [0.25, 0.3) is 11.8 Å². The van der Waals surface area contributed by atoms with Gasteiger partial charge in [0, 0.05) is 23.4 Å². The lowest BCUT2D eigenvalue weighted by molar-refractivity contribution is 0.174. The Kier molecular flexibility index (Phi) is 7.36. The molecule has 6 nitrogen and oxygen atoms in total. The molecule has 3 aromatic rings. The van der Waals surface area contributed by atoms with Gasteiger partial charge in [0.1, 0.15) is 11.8 Å². The van der Waals surface area contributed by atoms with Crippen LogP contribution >= 0.6 is 34.8 Å². The number of methoxy groups -OCH3 is 1. The normalized spacial score (nSPS) is 17.1. The Bertz CT molecular complexity index is 1390. The molecule has 0 spiro atoms. The van der Waals surface area contributed by atoms with Gasteiger partial charge in [0.25, 0.3) is 0 Å². The summed E-state index contributed by atoms with van der Waals surface area (Å²) in [4.78, 5) is 2.15. The van der Waals surface area contributed by atoms with Crippen LogP contribution < -0.4 is 23.7 Å². The number of benzene rings is 3. The van der Waals surface area contributed by atoms with Crippen LogP contribution in [-0.2, 0) is 6.42 Å². The minimum Gasteiger partial charge on any atom is -0.494 e. The molecule has 3 aliphatic heterocycles. The maximum Gasteiger partial charge on any atom is 0.231 e. The van der Waals surface area contributed by atoms with Crippen molar-refractivity contribution in [1.29, 1.82) is 0 Å². The fourth-order valence-corrected chi connectivity index (χ4v) is 6.10. The Labute approximate surface area is 242 Å². The highest BCUT2D eigenvalue weighted by Crippen LogP contribution is 2.56. The molecular weight excluding hydrogens is 561 g/mol. The van der Waals surface area contributed by atoms with Crippen LogP contribution in [0.5, 0.6) is 28.7 Å². The van der Waals surface area contributed by atoms with Gasteiger partial charge in [-0.1, -0.05) is 59.1 Å². The van der Waals surface area contributed by atoms with Crippen LogP contribution in [0, 0.1) is 0 Å². The largest absolute Gasteiger partial charge is 0.494 e. The molecule has 0 bridgehead atoms. The molecule has 0 amide bonds. The lowest BCUT2D eigenvalue weighted by Crippen LogP contribution is -2.41. The van der Waals surface area contributed by atoms with Gasteiger partial charge in [0.05, 0.1) is 20.3 Å². The van der Waals surface area contributed by atoms with Crippen molar-refractivity contribution < 1.29 is 23.7 Å². The third-order valence-electron chi connectivity index (χ3n) is 7.20. The van der Waals surface area contributed by atoms with Crippen molar-refractivity contribution in [2.45, 2.75) is 29.1 Å². The average Bonchev–Trinajstić information content (AvgIpc) is 3.40. The number of nitrogens with zero attached hydrogens (tertiary/aromatic N) is 1. The first-order valence-electron chi connectivity index (χ1n) is 12.9. The SMILES string of the molecule is COc1ccc2c(c1OCCCCOc1ccccc1)[C@@H](C(Cl)(Cl)Cl)N1CCc3cc4c(cc3C1=C2)OCO4. The number of unbranched alkanes of at least 4 members (excludes halogenated alkanes) is 1. The number of halogens is 3. The minimum atomic E-state index is -1.63. The summed E-state index contributed by atoms with van der Waals surface area (Å²) in [5, 5.41) is 0. The standard InChI is InChI=1S/C30H28Cl3NO5/c1-35-24-10-9-20-15-23-22-17-26-25(38-18-39-26)16-19(22)11-12-34(23)29(30(31,32)33)27(20)28(24)37-14-6-5-13-36-21-7-3-2-4-8-21/h2-4,7-10,15-17,29H,5-6,11-14,18H2,1H3/t29-/m0/s1. The summed E-state index contributed by atoms with van der Waals surface area (Å²) in [6, 6.07) is 17.2. The Morgan fingerprint density at radius 1 is 0.949 bits per heavy atom. The van der Waals surface area contributed by atoms with Gasteiger partial charge in [0.2, 0.25) is 10.6 Å². The van der Waals surface area contributed by atoms with Gasteiger partial charge >= 0.3 is 0 Å². The fourth-order valence-electron chi connectivity index (χ4n) is 5.42. The highest BCUT2D eigenvalue weighted by atomic mass is 35.6. The predicted molar refractivity (Wildman–Crippen MR) is 154 cm³/mol. The maximum atomic E-state index is 6.71. The van der Waals surface area contributed by atoms with Crippen LogP contribution in [-0.4, -0.2) is 42.4 Å². The highest BCUT2D eigenvalue weighted by Gasteiger charge is 2.46. The quantitative estimate of drug-likeness (QED) is 0.201. The number of para-hydroxylation sites is 1. The van der Waals surface area contributed by atoms with Crippen LogP contribution in [0.15, 0.2) is 54.6 Å². The second-order valence-electron chi connectivity index (χ2n) is 9.60. The molecule has 3 heterocycles. The third kappa shape index (κ3) is 5.18. The number of fused-ring (bicyclic) bond motifs is 5. The van der Waals surface area contributed by atoms with E-state index >= 15 is 0 Å². The van der Waals surface area contributed by atoms with E-state index in [4.69, 9.17) is 58.5 Å². The number of alkyl halides is 3. The van der Waals surface area contributed by atoms with E-state index in [1.165, 1.54) is 5.56 Å². The smallest absolute Gasteiger partial charge is 0.231 e. The molecular formula is C30H28Cl3NO5. The highest BCUT2D eigenvalue weighted by molar-refractivity contribution is 6.68. The monoisotopic (exact) mass is 587 g/mol. The summed E-state index contributed by atoms with van der Waals surface area (Å²) in [6.45, 7) is 1.97. The molecule has 1 atom stereocenters. The number of rotatable bonds is 8. The van der Waals surface area contributed by atoms with Gasteiger partial charge in [-0.3, -0.25) is 0 Å². The van der Waals surface area contributed by atoms with Crippen molar-refractivity contribution in [2.75, 3.05) is 33.7 Å². The van der Waals surface area contributed by atoms with E-state index in [-0.39, 0.29) is 6.79 Å². The van der Waals surface area contributed by atoms with Crippen LogP contribution in [0.2, 0.25) is 0 Å². The Balaban J connectivity index is 1.29. The minimum absolute atomic E-state index is 0.222. The first-order chi connectivity index (χ1) is 18.9. The van der Waals surface area contributed by atoms with Gasteiger partial charge in [-0.05, 0) is 66.8 Å². The van der Waals surface area contributed by atoms with Crippen LogP contribution in [0.3, 0.4) is 0 Å². The number of hydrogen-bond acceptors (Lipinski definition) is 6. The zero-order chi connectivity index (χ0) is 27.0. The van der Waals surface area contributed by atoms with Crippen molar-refractivity contribution in [2.24, 2.45) is 0 Å². The molecule has 0 aromatic heterocycles. The van der Waals surface area contributed by atoms with E-state index in [1.54, 1.807) is 7.11 Å². The lowest BCUT2D eigenvalue weighted by Gasteiger charge is -2.46. The molecule has 0 saturated carbocycles. The second-order valence-corrected chi connectivity index (χ2v) is 12.0. The molecule has 6 rings (SSSR count). The Morgan fingerprint density at radius 3 is 2.44 bits per heavy atom. The van der Waals surface area contributed by atoms with E-state index in [1.807, 2.05) is 48.5 Å². The number of hydrogen-bond donors (Lipinski definition) is 0. The van der Waals surface area contributed by atoms with Crippen molar-refractivity contribution in [3.8, 4) is 28.7 Å². The average molecular weight is 589 g/mol. The summed E-state index contributed by atoms with van der Waals surface area (Å²) >= 11 is 20.1. The van der Waals surface area contributed by atoms with E-state index < -0.39 is 9.83 Å². The van der Waals surface area contributed by atoms with Gasteiger partial charge in [-0.2, -0.15) is 0 Å². The molecule has 9 heteroatoms. The van der Waals surface area contributed by atoms with Crippen LogP contribution in [0.4, 0.5) is 0 Å². The first kappa shape index (κ1) is 26.3. The lowest BCUT2D eigenvalue weighted by atomic mass is 9.86. The predicted octanol–water partition coefficient (Wildman–Crippen LogP) is 7.44. The van der Waals surface area contributed by atoms with Gasteiger partial charge < -0.3 is 28.6 Å². The maximum absolute atomic E-state index is 6.71. The van der Waals surface area contributed by atoms with Crippen molar-refractivity contribution in [3.63, 3.8) is 0 Å². The van der Waals surface area contributed by atoms with E-state index in [2.05, 4.69) is 17.0 Å². The molecule has 0 unspecified atom stereocenters.